The molecule has 0 aliphatic carbocycles. The molecule has 0 unspecified atom stereocenters. The Kier molecular flexibility index (Phi) is 3.27. The number of carbonyl (C=O) groups excluding carboxylic acids is 1. The summed E-state index contributed by atoms with van der Waals surface area (Å²) in [7, 11) is 0. The summed E-state index contributed by atoms with van der Waals surface area (Å²) < 4.78 is 1.70. The minimum Gasteiger partial charge on any atom is -0.476 e. The fourth-order valence-electron chi connectivity index (χ4n) is 2.90. The number of aromatic amines is 1. The van der Waals surface area contributed by atoms with Crippen LogP contribution in [0.1, 0.15) is 32.2 Å². The van der Waals surface area contributed by atoms with Crippen molar-refractivity contribution in [2.45, 2.75) is 13.0 Å². The number of pyridine rings is 1. The minimum absolute atomic E-state index is 0.0273. The van der Waals surface area contributed by atoms with Gasteiger partial charge in [-0.3, -0.25) is 9.89 Å². The highest BCUT2D eigenvalue weighted by atomic mass is 35.5. The quantitative estimate of drug-likeness (QED) is 0.734. The molecule has 0 bridgehead atoms. The second-order valence-corrected chi connectivity index (χ2v) is 5.99. The molecular formula is C15H12ClN5O3. The van der Waals surface area contributed by atoms with E-state index >= 15 is 0 Å². The largest absolute Gasteiger partial charge is 0.476 e. The van der Waals surface area contributed by atoms with Gasteiger partial charge in [-0.15, -0.1) is 0 Å². The van der Waals surface area contributed by atoms with Gasteiger partial charge in [0.15, 0.2) is 5.69 Å². The van der Waals surface area contributed by atoms with Gasteiger partial charge < -0.3 is 14.4 Å². The highest BCUT2D eigenvalue weighted by molar-refractivity contribution is 6.30. The zero-order valence-corrected chi connectivity index (χ0v) is 13.1. The van der Waals surface area contributed by atoms with E-state index in [9.17, 15) is 9.59 Å². The predicted octanol–water partition coefficient (Wildman–Crippen LogP) is 1.61. The molecule has 1 amide bonds. The van der Waals surface area contributed by atoms with Gasteiger partial charge in [-0.05, 0) is 18.6 Å². The van der Waals surface area contributed by atoms with Crippen molar-refractivity contribution in [3.8, 4) is 0 Å². The van der Waals surface area contributed by atoms with Crippen molar-refractivity contribution in [2.24, 2.45) is 0 Å². The molecular weight excluding hydrogens is 334 g/mol. The van der Waals surface area contributed by atoms with Gasteiger partial charge in [0.2, 0.25) is 0 Å². The highest BCUT2D eigenvalue weighted by Gasteiger charge is 2.28. The van der Waals surface area contributed by atoms with Crippen LogP contribution in [0.4, 0.5) is 0 Å². The molecule has 3 aromatic heterocycles. The number of rotatable bonds is 2. The Labute approximate surface area is 140 Å². The molecule has 3 aromatic rings. The van der Waals surface area contributed by atoms with Gasteiger partial charge in [-0.2, -0.15) is 5.10 Å². The van der Waals surface area contributed by atoms with Gasteiger partial charge in [0.1, 0.15) is 11.3 Å². The SMILES string of the molecule is O=C(O)c1n[nH]c2c1CCN(C(=O)c1cn3cc(Cl)ccc3n1)C2. The van der Waals surface area contributed by atoms with Crippen LogP contribution in [0.3, 0.4) is 0 Å². The number of nitrogens with one attached hydrogen (secondary N) is 1. The zero-order chi connectivity index (χ0) is 16.8. The van der Waals surface area contributed by atoms with Gasteiger partial charge in [0, 0.05) is 24.5 Å². The summed E-state index contributed by atoms with van der Waals surface area (Å²) >= 11 is 5.94. The Morgan fingerprint density at radius 1 is 1.29 bits per heavy atom. The van der Waals surface area contributed by atoms with Crippen molar-refractivity contribution < 1.29 is 14.7 Å². The van der Waals surface area contributed by atoms with E-state index in [1.54, 1.807) is 33.8 Å². The third-order valence-electron chi connectivity index (χ3n) is 4.06. The standard InChI is InChI=1S/C15H12ClN5O3/c16-8-1-2-12-17-11(7-21(12)5-8)14(22)20-4-3-9-10(6-20)18-19-13(9)15(23)24/h1-2,5,7H,3-4,6H2,(H,18,19)(H,23,24). The first kappa shape index (κ1) is 14.7. The maximum Gasteiger partial charge on any atom is 0.356 e. The number of aromatic carboxylic acids is 1. The van der Waals surface area contributed by atoms with Crippen molar-refractivity contribution in [1.82, 2.24) is 24.5 Å². The van der Waals surface area contributed by atoms with E-state index in [2.05, 4.69) is 15.2 Å². The van der Waals surface area contributed by atoms with Crippen LogP contribution in [0.5, 0.6) is 0 Å². The zero-order valence-electron chi connectivity index (χ0n) is 12.4. The second kappa shape index (κ2) is 5.34. The summed E-state index contributed by atoms with van der Waals surface area (Å²) in [5.74, 6) is -1.28. The van der Waals surface area contributed by atoms with E-state index in [1.807, 2.05) is 0 Å². The molecule has 9 heteroatoms. The summed E-state index contributed by atoms with van der Waals surface area (Å²) in [6.45, 7) is 0.698. The maximum atomic E-state index is 12.7. The van der Waals surface area contributed by atoms with Gasteiger partial charge in [-0.25, -0.2) is 9.78 Å². The summed E-state index contributed by atoms with van der Waals surface area (Å²) in [6.07, 6.45) is 3.76. The van der Waals surface area contributed by atoms with Gasteiger partial charge in [-0.1, -0.05) is 11.6 Å². The van der Waals surface area contributed by atoms with E-state index in [-0.39, 0.29) is 18.1 Å². The first-order valence-corrected chi connectivity index (χ1v) is 7.63. The number of fused-ring (bicyclic) bond motifs is 2. The fourth-order valence-corrected chi connectivity index (χ4v) is 3.07. The van der Waals surface area contributed by atoms with E-state index in [0.29, 0.717) is 40.6 Å². The lowest BCUT2D eigenvalue weighted by molar-refractivity contribution is 0.0689. The van der Waals surface area contributed by atoms with Crippen LogP contribution in [-0.4, -0.2) is 48.0 Å². The van der Waals surface area contributed by atoms with Crippen LogP contribution in [0, 0.1) is 0 Å². The molecule has 0 spiro atoms. The van der Waals surface area contributed by atoms with Gasteiger partial charge in [0.25, 0.3) is 5.91 Å². The Morgan fingerprint density at radius 2 is 2.12 bits per heavy atom. The fraction of sp³-hybridized carbons (Fsp3) is 0.200. The maximum absolute atomic E-state index is 12.7. The third-order valence-corrected chi connectivity index (χ3v) is 4.28. The Hall–Kier alpha value is -2.87. The summed E-state index contributed by atoms with van der Waals surface area (Å²) in [5.41, 5.74) is 2.29. The van der Waals surface area contributed by atoms with Crippen molar-refractivity contribution in [3.05, 3.63) is 52.2 Å². The van der Waals surface area contributed by atoms with E-state index in [4.69, 9.17) is 16.7 Å². The van der Waals surface area contributed by atoms with Crippen molar-refractivity contribution in [2.75, 3.05) is 6.54 Å². The van der Waals surface area contributed by atoms with Crippen molar-refractivity contribution in [3.63, 3.8) is 0 Å². The Bertz CT molecular complexity index is 977. The average molecular weight is 346 g/mol. The number of carboxylic acid groups (broad SMARTS) is 1. The number of hydrogen-bond donors (Lipinski definition) is 2. The molecule has 0 radical (unpaired) electrons. The van der Waals surface area contributed by atoms with Crippen LogP contribution >= 0.6 is 11.6 Å². The average Bonchev–Trinajstić information content (AvgIpc) is 3.16. The molecule has 0 fully saturated rings. The van der Waals surface area contributed by atoms with Crippen LogP contribution in [0.2, 0.25) is 5.02 Å². The monoisotopic (exact) mass is 345 g/mol. The van der Waals surface area contributed by atoms with Crippen LogP contribution in [0.15, 0.2) is 24.5 Å². The van der Waals surface area contributed by atoms with E-state index < -0.39 is 5.97 Å². The minimum atomic E-state index is -1.07. The smallest absolute Gasteiger partial charge is 0.356 e. The molecule has 2 N–H and O–H groups in total. The normalized spacial score (nSPS) is 14.0. The molecule has 4 heterocycles. The number of halogens is 1. The highest BCUT2D eigenvalue weighted by Crippen LogP contribution is 2.22. The lowest BCUT2D eigenvalue weighted by atomic mass is 10.0. The lowest BCUT2D eigenvalue weighted by Gasteiger charge is -2.25. The van der Waals surface area contributed by atoms with Crippen molar-refractivity contribution in [1.29, 1.82) is 0 Å². The molecule has 8 nitrogen and oxygen atoms in total. The molecule has 0 saturated carbocycles. The summed E-state index contributed by atoms with van der Waals surface area (Å²) in [5, 5.41) is 16.2. The molecule has 122 valence electrons. The van der Waals surface area contributed by atoms with Crippen LogP contribution in [0.25, 0.3) is 5.65 Å². The number of carboxylic acids is 1. The summed E-state index contributed by atoms with van der Waals surface area (Å²) in [4.78, 5) is 29.7. The lowest BCUT2D eigenvalue weighted by Crippen LogP contribution is -2.36. The molecule has 1 aliphatic heterocycles. The molecule has 0 saturated heterocycles. The van der Waals surface area contributed by atoms with Gasteiger partial charge in [0.05, 0.1) is 17.3 Å². The van der Waals surface area contributed by atoms with Crippen LogP contribution < -0.4 is 0 Å². The number of imidazole rings is 1. The molecule has 0 atom stereocenters. The second-order valence-electron chi connectivity index (χ2n) is 5.55. The first-order valence-electron chi connectivity index (χ1n) is 7.26. The number of amides is 1. The van der Waals surface area contributed by atoms with Crippen LogP contribution in [-0.2, 0) is 13.0 Å². The topological polar surface area (TPSA) is 104 Å². The van der Waals surface area contributed by atoms with Crippen molar-refractivity contribution >= 4 is 29.1 Å². The molecule has 1 aliphatic rings. The Balaban J connectivity index is 1.61. The van der Waals surface area contributed by atoms with E-state index in [1.165, 1.54) is 0 Å². The Morgan fingerprint density at radius 3 is 2.92 bits per heavy atom. The van der Waals surface area contributed by atoms with E-state index in [0.717, 1.165) is 0 Å². The number of carbonyl (C=O) groups is 2. The predicted molar refractivity (Wildman–Crippen MR) is 84.2 cm³/mol. The number of H-pyrrole nitrogens is 1. The first-order chi connectivity index (χ1) is 11.5. The third kappa shape index (κ3) is 2.31. The molecule has 0 aromatic carbocycles. The van der Waals surface area contributed by atoms with Gasteiger partial charge >= 0.3 is 5.97 Å². The number of hydrogen-bond acceptors (Lipinski definition) is 4. The number of aromatic nitrogens is 4. The summed E-state index contributed by atoms with van der Waals surface area (Å²) in [6, 6.07) is 3.45. The number of nitrogens with zero attached hydrogens (tertiary/aromatic N) is 4. The molecule has 4 rings (SSSR count). The molecule has 24 heavy (non-hydrogen) atoms.